The molecular formula is C19H20O2. The molecule has 0 aliphatic rings. The van der Waals surface area contributed by atoms with Crippen LogP contribution < -0.4 is 0 Å². The molecule has 0 N–H and O–H groups in total. The van der Waals surface area contributed by atoms with Gasteiger partial charge in [-0.2, -0.15) is 0 Å². The van der Waals surface area contributed by atoms with Crippen molar-refractivity contribution in [2.75, 3.05) is 0 Å². The van der Waals surface area contributed by atoms with Crippen LogP contribution in [0.3, 0.4) is 0 Å². The van der Waals surface area contributed by atoms with Crippen molar-refractivity contribution in [3.8, 4) is 0 Å². The van der Waals surface area contributed by atoms with Gasteiger partial charge >= 0.3 is 0 Å². The summed E-state index contributed by atoms with van der Waals surface area (Å²) >= 11 is 0. The van der Waals surface area contributed by atoms with Crippen molar-refractivity contribution in [1.82, 2.24) is 0 Å². The van der Waals surface area contributed by atoms with Gasteiger partial charge < -0.3 is 0 Å². The molecule has 2 aromatic carbocycles. The first kappa shape index (κ1) is 15.2. The zero-order valence-electron chi connectivity index (χ0n) is 12.1. The van der Waals surface area contributed by atoms with Gasteiger partial charge in [0.05, 0.1) is 0 Å². The first-order valence-corrected chi connectivity index (χ1v) is 7.42. The lowest BCUT2D eigenvalue weighted by Crippen LogP contribution is -1.99. The smallest absolute Gasteiger partial charge is 0.162 e. The zero-order chi connectivity index (χ0) is 14.9. The predicted molar refractivity (Wildman–Crippen MR) is 84.8 cm³/mol. The van der Waals surface area contributed by atoms with Crippen LogP contribution in [0.4, 0.5) is 0 Å². The number of rotatable bonds is 8. The van der Waals surface area contributed by atoms with Crippen LogP contribution in [-0.2, 0) is 6.42 Å². The summed E-state index contributed by atoms with van der Waals surface area (Å²) in [6.07, 6.45) is 5.53. The number of carbonyl (C=O) groups excluding carboxylic acids is 2. The summed E-state index contributed by atoms with van der Waals surface area (Å²) < 4.78 is 0. The van der Waals surface area contributed by atoms with Crippen LogP contribution in [0, 0.1) is 0 Å². The van der Waals surface area contributed by atoms with E-state index in [2.05, 4.69) is 24.3 Å². The second-order valence-electron chi connectivity index (χ2n) is 5.21. The highest BCUT2D eigenvalue weighted by molar-refractivity contribution is 5.96. The van der Waals surface area contributed by atoms with Crippen LogP contribution in [0.1, 0.15) is 52.0 Å². The van der Waals surface area contributed by atoms with E-state index < -0.39 is 0 Å². The second-order valence-corrected chi connectivity index (χ2v) is 5.21. The molecule has 0 aliphatic heterocycles. The first-order chi connectivity index (χ1) is 10.3. The average molecular weight is 280 g/mol. The van der Waals surface area contributed by atoms with Crippen molar-refractivity contribution >= 4 is 12.1 Å². The molecular weight excluding hydrogens is 260 g/mol. The van der Waals surface area contributed by atoms with E-state index in [1.165, 1.54) is 5.56 Å². The van der Waals surface area contributed by atoms with Gasteiger partial charge in [-0.1, -0.05) is 61.0 Å². The third-order valence-corrected chi connectivity index (χ3v) is 3.58. The minimum Gasteiger partial charge on any atom is -0.298 e. The van der Waals surface area contributed by atoms with E-state index in [0.717, 1.165) is 32.0 Å². The third-order valence-electron chi connectivity index (χ3n) is 3.58. The Balaban J connectivity index is 1.68. The maximum absolute atomic E-state index is 12.0. The molecule has 0 atom stereocenters. The predicted octanol–water partition coefficient (Wildman–Crippen LogP) is 4.48. The number of aryl methyl sites for hydroxylation is 1. The van der Waals surface area contributed by atoms with Crippen LogP contribution in [0.5, 0.6) is 0 Å². The van der Waals surface area contributed by atoms with Crippen molar-refractivity contribution < 1.29 is 9.59 Å². The van der Waals surface area contributed by atoms with Gasteiger partial charge in [0, 0.05) is 17.5 Å². The number of benzene rings is 2. The number of hydrogen-bond acceptors (Lipinski definition) is 2. The van der Waals surface area contributed by atoms with Crippen LogP contribution in [-0.4, -0.2) is 12.1 Å². The summed E-state index contributed by atoms with van der Waals surface area (Å²) in [5.74, 6) is 0.159. The minimum atomic E-state index is 0.159. The number of aldehydes is 1. The van der Waals surface area contributed by atoms with Crippen molar-refractivity contribution in [3.63, 3.8) is 0 Å². The van der Waals surface area contributed by atoms with Gasteiger partial charge in [-0.25, -0.2) is 0 Å². The summed E-state index contributed by atoms with van der Waals surface area (Å²) in [7, 11) is 0. The fourth-order valence-corrected chi connectivity index (χ4v) is 2.33. The molecule has 0 saturated heterocycles. The Kier molecular flexibility index (Phi) is 5.89. The number of Topliss-reactive ketones (excluding diaryl/α,β-unsaturated/α-hetero) is 1. The minimum absolute atomic E-state index is 0.159. The van der Waals surface area contributed by atoms with Crippen LogP contribution in [0.15, 0.2) is 54.6 Å². The molecule has 2 rings (SSSR count). The summed E-state index contributed by atoms with van der Waals surface area (Å²) in [6.45, 7) is 0. The average Bonchev–Trinajstić information content (AvgIpc) is 2.55. The molecule has 0 aliphatic carbocycles. The molecule has 0 radical (unpaired) electrons. The standard InChI is InChI=1S/C19H20O2/c20-15-17-11-13-18(14-12-17)19(21)10-6-2-5-9-16-7-3-1-4-8-16/h1,3-4,7-8,11-15H,2,5-6,9-10H2. The molecule has 108 valence electrons. The number of unbranched alkanes of at least 4 members (excludes halogenated alkanes) is 2. The van der Waals surface area contributed by atoms with E-state index in [0.29, 0.717) is 17.5 Å². The Hall–Kier alpha value is -2.22. The lowest BCUT2D eigenvalue weighted by molar-refractivity contribution is 0.0978. The monoisotopic (exact) mass is 280 g/mol. The molecule has 2 aromatic rings. The van der Waals surface area contributed by atoms with Crippen molar-refractivity contribution in [2.24, 2.45) is 0 Å². The Bertz CT molecular complexity index is 570. The lowest BCUT2D eigenvalue weighted by atomic mass is 10.0. The van der Waals surface area contributed by atoms with Gasteiger partial charge in [0.25, 0.3) is 0 Å². The van der Waals surface area contributed by atoms with Crippen LogP contribution in [0.25, 0.3) is 0 Å². The molecule has 0 bridgehead atoms. The van der Waals surface area contributed by atoms with Gasteiger partial charge in [-0.05, 0) is 24.8 Å². The summed E-state index contributed by atoms with van der Waals surface area (Å²) in [5, 5.41) is 0. The van der Waals surface area contributed by atoms with Crippen molar-refractivity contribution in [2.45, 2.75) is 32.1 Å². The van der Waals surface area contributed by atoms with Crippen molar-refractivity contribution in [3.05, 3.63) is 71.3 Å². The van der Waals surface area contributed by atoms with Gasteiger partial charge in [-0.15, -0.1) is 0 Å². The molecule has 2 nitrogen and oxygen atoms in total. The molecule has 0 amide bonds. The van der Waals surface area contributed by atoms with E-state index in [9.17, 15) is 9.59 Å². The van der Waals surface area contributed by atoms with Gasteiger partial charge in [-0.3, -0.25) is 9.59 Å². The molecule has 0 unspecified atom stereocenters. The van der Waals surface area contributed by atoms with E-state index in [1.807, 2.05) is 6.07 Å². The van der Waals surface area contributed by atoms with E-state index in [1.54, 1.807) is 24.3 Å². The van der Waals surface area contributed by atoms with Crippen LogP contribution in [0.2, 0.25) is 0 Å². The van der Waals surface area contributed by atoms with Gasteiger partial charge in [0.1, 0.15) is 6.29 Å². The Labute approximate surface area is 125 Å². The Morgan fingerprint density at radius 3 is 2.24 bits per heavy atom. The SMILES string of the molecule is O=Cc1ccc(C(=O)CCCCCc2ccccc2)cc1. The summed E-state index contributed by atoms with van der Waals surface area (Å²) in [6, 6.07) is 17.3. The maximum atomic E-state index is 12.0. The highest BCUT2D eigenvalue weighted by Crippen LogP contribution is 2.11. The topological polar surface area (TPSA) is 34.1 Å². The molecule has 0 saturated carbocycles. The van der Waals surface area contributed by atoms with Gasteiger partial charge in [0.15, 0.2) is 5.78 Å². The number of ketones is 1. The summed E-state index contributed by atoms with van der Waals surface area (Å²) in [4.78, 5) is 22.6. The number of carbonyl (C=O) groups is 2. The fourth-order valence-electron chi connectivity index (χ4n) is 2.33. The molecule has 2 heteroatoms. The van der Waals surface area contributed by atoms with Crippen LogP contribution >= 0.6 is 0 Å². The second kappa shape index (κ2) is 8.15. The number of hydrogen-bond donors (Lipinski definition) is 0. The normalized spacial score (nSPS) is 10.3. The molecule has 0 fully saturated rings. The van der Waals surface area contributed by atoms with Gasteiger partial charge in [0.2, 0.25) is 0 Å². The largest absolute Gasteiger partial charge is 0.298 e. The Morgan fingerprint density at radius 1 is 0.857 bits per heavy atom. The molecule has 0 aromatic heterocycles. The first-order valence-electron chi connectivity index (χ1n) is 7.42. The third kappa shape index (κ3) is 4.99. The van der Waals surface area contributed by atoms with Crippen molar-refractivity contribution in [1.29, 1.82) is 0 Å². The molecule has 21 heavy (non-hydrogen) atoms. The lowest BCUT2D eigenvalue weighted by Gasteiger charge is -2.03. The Morgan fingerprint density at radius 2 is 1.57 bits per heavy atom. The van der Waals surface area contributed by atoms with E-state index in [4.69, 9.17) is 0 Å². The zero-order valence-corrected chi connectivity index (χ0v) is 12.1. The maximum Gasteiger partial charge on any atom is 0.162 e. The highest BCUT2D eigenvalue weighted by atomic mass is 16.1. The van der Waals surface area contributed by atoms with E-state index >= 15 is 0 Å². The molecule has 0 spiro atoms. The summed E-state index contributed by atoms with van der Waals surface area (Å²) in [5.41, 5.74) is 2.66. The quantitative estimate of drug-likeness (QED) is 0.406. The molecule has 0 heterocycles. The van der Waals surface area contributed by atoms with E-state index in [-0.39, 0.29) is 5.78 Å². The fraction of sp³-hybridized carbons (Fsp3) is 0.263. The highest BCUT2D eigenvalue weighted by Gasteiger charge is 2.05.